The molecule has 2 aromatic carbocycles. The summed E-state index contributed by atoms with van der Waals surface area (Å²) in [7, 11) is 2.15. The first kappa shape index (κ1) is 52.6. The number of esters is 2. The number of carbonyl (C=O) groups is 5. The molecule has 15 nitrogen and oxygen atoms in total. The number of aryl methyl sites for hydroxylation is 1. The number of benzene rings is 2. The number of unbranched alkanes of at least 4 members (excludes halogenated alkanes) is 3. The molecule has 6 atom stereocenters. The minimum Gasteiger partial charge on any atom is -0.458 e. The number of cyclic esters (lactones) is 1. The van der Waals surface area contributed by atoms with Crippen molar-refractivity contribution in [2.75, 3.05) is 51.2 Å². The van der Waals surface area contributed by atoms with E-state index in [1.165, 1.54) is 29.2 Å². The van der Waals surface area contributed by atoms with E-state index < -0.39 is 28.6 Å². The van der Waals surface area contributed by atoms with Gasteiger partial charge in [0.2, 0.25) is 0 Å². The Morgan fingerprint density at radius 2 is 1.68 bits per heavy atom. The average Bonchev–Trinajstić information content (AvgIpc) is 3.97. The number of Topliss-reactive ketones (excluding diaryl/α,β-unsaturated/α-hetero) is 1. The summed E-state index contributed by atoms with van der Waals surface area (Å²) in [4.78, 5) is 90.2. The van der Waals surface area contributed by atoms with E-state index in [-0.39, 0.29) is 65.1 Å². The second kappa shape index (κ2) is 20.4. The fourth-order valence-corrected chi connectivity index (χ4v) is 15.1. The number of ketones is 2. The van der Waals surface area contributed by atoms with E-state index in [1.54, 1.807) is 35.4 Å². The molecule has 0 radical (unpaired) electrons. The van der Waals surface area contributed by atoms with Gasteiger partial charge in [-0.2, -0.15) is 0 Å². The summed E-state index contributed by atoms with van der Waals surface area (Å²) >= 11 is 0. The summed E-state index contributed by atoms with van der Waals surface area (Å²) < 4.78 is 19.0. The summed E-state index contributed by atoms with van der Waals surface area (Å²) in [6.07, 6.45) is 11.9. The summed E-state index contributed by atoms with van der Waals surface area (Å²) in [6, 6.07) is 16.1. The predicted octanol–water partition coefficient (Wildman–Crippen LogP) is 9.25. The molecule has 5 heterocycles. The number of anilines is 1. The van der Waals surface area contributed by atoms with Crippen molar-refractivity contribution in [2.45, 2.75) is 148 Å². The minimum atomic E-state index is -1.90. The number of pyridine rings is 2. The number of hydrogen-bond acceptors (Lipinski definition) is 13. The van der Waals surface area contributed by atoms with Crippen LogP contribution in [0.15, 0.2) is 76.1 Å². The third kappa shape index (κ3) is 8.93. The number of rotatable bonds is 14. The van der Waals surface area contributed by atoms with Gasteiger partial charge in [0.05, 0.1) is 29.0 Å². The Labute approximate surface area is 450 Å². The van der Waals surface area contributed by atoms with Gasteiger partial charge in [0.1, 0.15) is 12.4 Å². The van der Waals surface area contributed by atoms with Gasteiger partial charge < -0.3 is 33.7 Å². The zero-order chi connectivity index (χ0) is 54.1. The van der Waals surface area contributed by atoms with Gasteiger partial charge in [-0.05, 0) is 154 Å². The fraction of sp³-hybridized carbons (Fsp3) is 0.532. The third-order valence-corrected chi connectivity index (χ3v) is 19.2. The fourth-order valence-electron chi connectivity index (χ4n) is 15.1. The Morgan fingerprint density at radius 3 is 2.40 bits per heavy atom. The van der Waals surface area contributed by atoms with Gasteiger partial charge in [0, 0.05) is 86.6 Å². The molecule has 11 rings (SSSR count). The zero-order valence-electron chi connectivity index (χ0n) is 45.6. The van der Waals surface area contributed by atoms with Gasteiger partial charge in [-0.3, -0.25) is 24.1 Å². The molecule has 406 valence electrons. The summed E-state index contributed by atoms with van der Waals surface area (Å²) in [5.74, 6) is -0.0134. The lowest BCUT2D eigenvalue weighted by Gasteiger charge is -2.55. The molecular weight excluding hydrogens is 975 g/mol. The topological polar surface area (TPSA) is 178 Å². The summed E-state index contributed by atoms with van der Waals surface area (Å²) in [6.45, 7) is 13.7. The van der Waals surface area contributed by atoms with Gasteiger partial charge in [-0.1, -0.05) is 51.3 Å². The van der Waals surface area contributed by atoms with Crippen LogP contribution in [0.25, 0.3) is 22.3 Å². The first-order valence-electron chi connectivity index (χ1n) is 28.3. The maximum atomic E-state index is 13.8. The van der Waals surface area contributed by atoms with Crippen LogP contribution in [0.2, 0.25) is 0 Å². The molecule has 1 saturated heterocycles. The molecule has 4 aromatic rings. The lowest BCUT2D eigenvalue weighted by molar-refractivity contribution is -0.182. The highest BCUT2D eigenvalue weighted by Crippen LogP contribution is 2.68. The van der Waals surface area contributed by atoms with E-state index in [0.717, 1.165) is 106 Å². The molecule has 3 aliphatic heterocycles. The Bertz CT molecular complexity index is 3220. The molecule has 15 heteroatoms. The van der Waals surface area contributed by atoms with Crippen LogP contribution < -0.4 is 15.2 Å². The summed E-state index contributed by atoms with van der Waals surface area (Å²) in [5.41, 5.74) is 6.90. The van der Waals surface area contributed by atoms with E-state index in [4.69, 9.17) is 19.2 Å². The van der Waals surface area contributed by atoms with Crippen molar-refractivity contribution in [3.05, 3.63) is 109 Å². The number of fused-ring (bicyclic) bond motifs is 9. The molecule has 77 heavy (non-hydrogen) atoms. The van der Waals surface area contributed by atoms with Crippen molar-refractivity contribution < 1.29 is 43.3 Å². The quantitative estimate of drug-likeness (QED) is 0.0823. The number of aliphatic hydroxyl groups is 1. The minimum absolute atomic E-state index is 0.0582. The summed E-state index contributed by atoms with van der Waals surface area (Å²) in [5, 5.41) is 12.1. The Morgan fingerprint density at radius 1 is 0.909 bits per heavy atom. The highest BCUT2D eigenvalue weighted by atomic mass is 16.6. The monoisotopic (exact) mass is 1050 g/mol. The van der Waals surface area contributed by atoms with E-state index in [9.17, 15) is 33.9 Å². The van der Waals surface area contributed by atoms with Crippen LogP contribution in [0.5, 0.6) is 5.75 Å². The number of allylic oxidation sites excluding steroid dienone is 4. The average molecular weight is 1050 g/mol. The van der Waals surface area contributed by atoms with E-state index in [0.29, 0.717) is 61.6 Å². The third-order valence-electron chi connectivity index (χ3n) is 19.2. The molecule has 2 saturated carbocycles. The van der Waals surface area contributed by atoms with Crippen molar-refractivity contribution in [3.63, 3.8) is 0 Å². The maximum Gasteiger partial charge on any atom is 0.415 e. The molecule has 2 aromatic heterocycles. The standard InChI is InChI=1S/C62H73N5O10/c1-7-44-47-32-43(19-22-53(47)63-56-49(44)35-67-54(56)33-52-50(57(67)71)36-75-58(72)61(52,74)8-2)76-59(73)66-29-27-65(28-30-66)26-12-10-9-11-25-64(6)41-16-13-39(14-17-41)48-34-60(5)51(23-24-62(60,37(3)68)77-38(4)69)46-20-15-40-31-42(70)18-21-45(40)55(46)48/h13-14,16-17,19,22,31-33,46,48,51,74H,7-12,15,18,20-21,23-30,34-36H2,1-6H3/t46?,48?,51-,60?,61-,62-/m0/s1. The molecule has 1 amide bonds. The number of hydrogen-bond donors (Lipinski definition) is 1. The smallest absolute Gasteiger partial charge is 0.415 e. The Hall–Kier alpha value is -6.45. The SMILES string of the molecule is CCc1c2c(nc3ccc(OC(=O)N4CCN(CCCCCCN(C)c5ccc(C6CC7(C)[C@@H](CC[C@]7(OC(C)=O)C(C)=O)C7CCC8=CC(=O)CCC8=C67)cc5)CC4)cc13)-c1cc3c(c(=O)n1C2)COC(=O)[C@]3(O)CC. The number of nitrogens with zero attached hydrogens (tertiary/aromatic N) is 5. The second-order valence-corrected chi connectivity index (χ2v) is 23.2. The molecular formula is C62H73N5O10. The molecule has 1 N–H and O–H groups in total. The van der Waals surface area contributed by atoms with Crippen LogP contribution >= 0.6 is 0 Å². The number of carbonyl (C=O) groups excluding carboxylic acids is 5. The first-order chi connectivity index (χ1) is 37.0. The molecule has 3 fully saturated rings. The number of piperazine rings is 1. The lowest BCUT2D eigenvalue weighted by atomic mass is 9.50. The normalized spacial score (nSPS) is 26.5. The molecule has 0 spiro atoms. The van der Waals surface area contributed by atoms with Gasteiger partial charge in [-0.15, -0.1) is 0 Å². The second-order valence-electron chi connectivity index (χ2n) is 23.2. The largest absolute Gasteiger partial charge is 0.458 e. The van der Waals surface area contributed by atoms with Crippen molar-refractivity contribution >= 4 is 46.2 Å². The van der Waals surface area contributed by atoms with Gasteiger partial charge in [-0.25, -0.2) is 14.6 Å². The lowest BCUT2D eigenvalue weighted by Crippen LogP contribution is -2.57. The van der Waals surface area contributed by atoms with E-state index >= 15 is 0 Å². The van der Waals surface area contributed by atoms with Crippen LogP contribution in [-0.2, 0) is 53.8 Å². The van der Waals surface area contributed by atoms with E-state index in [1.807, 2.05) is 25.1 Å². The van der Waals surface area contributed by atoms with Gasteiger partial charge in [0.25, 0.3) is 5.56 Å². The van der Waals surface area contributed by atoms with Crippen molar-refractivity contribution in [3.8, 4) is 17.1 Å². The van der Waals surface area contributed by atoms with Crippen LogP contribution in [-0.4, -0.2) is 106 Å². The Kier molecular flexibility index (Phi) is 13.9. The highest BCUT2D eigenvalue weighted by molar-refractivity contribution is 5.94. The molecule has 4 aliphatic carbocycles. The Balaban J connectivity index is 0.663. The first-order valence-corrected chi connectivity index (χ1v) is 28.3. The van der Waals surface area contributed by atoms with Gasteiger partial charge in [0.15, 0.2) is 22.8 Å². The zero-order valence-corrected chi connectivity index (χ0v) is 45.6. The van der Waals surface area contributed by atoms with Crippen LogP contribution in [0.3, 0.4) is 0 Å². The van der Waals surface area contributed by atoms with Crippen LogP contribution in [0, 0.1) is 17.3 Å². The predicted molar refractivity (Wildman–Crippen MR) is 292 cm³/mol. The maximum absolute atomic E-state index is 13.8. The molecule has 7 aliphatic rings. The number of ether oxygens (including phenoxy) is 3. The van der Waals surface area contributed by atoms with Crippen molar-refractivity contribution in [1.82, 2.24) is 19.4 Å². The van der Waals surface area contributed by atoms with Gasteiger partial charge >= 0.3 is 18.0 Å². The van der Waals surface area contributed by atoms with Crippen molar-refractivity contribution in [1.29, 1.82) is 0 Å². The molecule has 3 unspecified atom stereocenters. The number of aromatic nitrogens is 2. The van der Waals surface area contributed by atoms with Crippen LogP contribution in [0.1, 0.15) is 145 Å². The van der Waals surface area contributed by atoms with E-state index in [2.05, 4.69) is 48.0 Å². The number of amides is 1. The van der Waals surface area contributed by atoms with Crippen molar-refractivity contribution in [2.24, 2.45) is 17.3 Å². The van der Waals surface area contributed by atoms with Crippen LogP contribution in [0.4, 0.5) is 10.5 Å². The molecule has 0 bridgehead atoms. The highest BCUT2D eigenvalue weighted by Gasteiger charge is 2.67.